The van der Waals surface area contributed by atoms with Crippen LogP contribution < -0.4 is 0 Å². The molecule has 0 atom stereocenters. The fraction of sp³-hybridized carbons (Fsp3) is 0.308. The zero-order valence-electron chi connectivity index (χ0n) is 11.4. The highest BCUT2D eigenvalue weighted by Gasteiger charge is 2.25. The summed E-state index contributed by atoms with van der Waals surface area (Å²) in [6.07, 6.45) is 4.48. The SMILES string of the molecule is CCOC(=O)N1C=CC(C(=O)OC)=CC=C1C(=O)OC. The van der Waals surface area contributed by atoms with Gasteiger partial charge in [0, 0.05) is 6.20 Å². The summed E-state index contributed by atoms with van der Waals surface area (Å²) in [5, 5.41) is 0. The van der Waals surface area contributed by atoms with Crippen molar-refractivity contribution in [2.75, 3.05) is 20.8 Å². The molecule has 20 heavy (non-hydrogen) atoms. The minimum Gasteiger partial charge on any atom is -0.465 e. The minimum absolute atomic E-state index is 0.0684. The van der Waals surface area contributed by atoms with Crippen molar-refractivity contribution in [2.45, 2.75) is 6.92 Å². The van der Waals surface area contributed by atoms with Crippen LogP contribution in [-0.4, -0.2) is 43.8 Å². The maximum absolute atomic E-state index is 11.8. The van der Waals surface area contributed by atoms with Crippen LogP contribution in [0.25, 0.3) is 0 Å². The number of hydrogen-bond donors (Lipinski definition) is 0. The van der Waals surface area contributed by atoms with Gasteiger partial charge in [-0.1, -0.05) is 0 Å². The monoisotopic (exact) mass is 281 g/mol. The second-order valence-electron chi connectivity index (χ2n) is 3.54. The summed E-state index contributed by atoms with van der Waals surface area (Å²) in [5.74, 6) is -1.32. The Balaban J connectivity index is 3.15. The predicted octanol–water partition coefficient (Wildman–Crippen LogP) is 1.13. The molecule has 1 rings (SSSR count). The molecule has 0 unspecified atom stereocenters. The first kappa shape index (κ1) is 15.5. The van der Waals surface area contributed by atoms with E-state index in [2.05, 4.69) is 9.47 Å². The molecule has 1 amide bonds. The Morgan fingerprint density at radius 1 is 1.10 bits per heavy atom. The van der Waals surface area contributed by atoms with E-state index in [1.165, 1.54) is 38.6 Å². The van der Waals surface area contributed by atoms with Gasteiger partial charge in [-0.15, -0.1) is 0 Å². The normalized spacial score (nSPS) is 13.8. The van der Waals surface area contributed by atoms with Crippen LogP contribution >= 0.6 is 0 Å². The van der Waals surface area contributed by atoms with E-state index in [0.29, 0.717) is 0 Å². The lowest BCUT2D eigenvalue weighted by Gasteiger charge is -2.18. The first-order chi connectivity index (χ1) is 9.54. The number of carbonyl (C=O) groups is 3. The zero-order chi connectivity index (χ0) is 15.1. The Hall–Kier alpha value is -2.57. The van der Waals surface area contributed by atoms with Gasteiger partial charge in [0.1, 0.15) is 5.70 Å². The number of methoxy groups -OCH3 is 2. The molecule has 0 N–H and O–H groups in total. The molecular formula is C13H15NO6. The van der Waals surface area contributed by atoms with Crippen LogP contribution in [0.4, 0.5) is 4.79 Å². The van der Waals surface area contributed by atoms with Gasteiger partial charge in [0.2, 0.25) is 0 Å². The van der Waals surface area contributed by atoms with Gasteiger partial charge in [0.25, 0.3) is 0 Å². The Morgan fingerprint density at radius 3 is 2.30 bits per heavy atom. The third-order valence-electron chi connectivity index (χ3n) is 2.36. The van der Waals surface area contributed by atoms with Crippen LogP contribution in [-0.2, 0) is 23.8 Å². The summed E-state index contributed by atoms with van der Waals surface area (Å²) < 4.78 is 14.0. The van der Waals surface area contributed by atoms with E-state index in [-0.39, 0.29) is 17.9 Å². The molecule has 0 saturated heterocycles. The van der Waals surface area contributed by atoms with Gasteiger partial charge in [-0.25, -0.2) is 19.3 Å². The van der Waals surface area contributed by atoms with E-state index < -0.39 is 18.0 Å². The number of hydrogen-bond acceptors (Lipinski definition) is 6. The molecule has 0 saturated carbocycles. The molecule has 0 aromatic carbocycles. The maximum atomic E-state index is 11.8. The Bertz CT molecular complexity index is 503. The van der Waals surface area contributed by atoms with E-state index in [9.17, 15) is 14.4 Å². The highest BCUT2D eigenvalue weighted by molar-refractivity contribution is 5.96. The van der Waals surface area contributed by atoms with E-state index in [4.69, 9.17) is 4.74 Å². The number of amides is 1. The van der Waals surface area contributed by atoms with E-state index in [1.54, 1.807) is 6.92 Å². The topological polar surface area (TPSA) is 82.1 Å². The van der Waals surface area contributed by atoms with Crippen molar-refractivity contribution in [2.24, 2.45) is 0 Å². The number of nitrogens with zero attached hydrogens (tertiary/aromatic N) is 1. The highest BCUT2D eigenvalue weighted by Crippen LogP contribution is 2.16. The smallest absolute Gasteiger partial charge is 0.418 e. The molecule has 7 nitrogen and oxygen atoms in total. The molecule has 1 heterocycles. The Kier molecular flexibility index (Phi) is 5.52. The molecule has 0 fully saturated rings. The van der Waals surface area contributed by atoms with Gasteiger partial charge in [-0.2, -0.15) is 0 Å². The number of allylic oxidation sites excluding steroid dienone is 2. The zero-order valence-corrected chi connectivity index (χ0v) is 11.4. The number of esters is 2. The Labute approximate surface area is 116 Å². The third kappa shape index (κ3) is 3.47. The minimum atomic E-state index is -0.750. The lowest BCUT2D eigenvalue weighted by molar-refractivity contribution is -0.137. The van der Waals surface area contributed by atoms with Crippen molar-refractivity contribution in [1.29, 1.82) is 0 Å². The van der Waals surface area contributed by atoms with E-state index >= 15 is 0 Å². The van der Waals surface area contributed by atoms with Crippen molar-refractivity contribution in [1.82, 2.24) is 4.90 Å². The highest BCUT2D eigenvalue weighted by atomic mass is 16.6. The van der Waals surface area contributed by atoms with Crippen LogP contribution in [0.1, 0.15) is 6.92 Å². The van der Waals surface area contributed by atoms with Crippen molar-refractivity contribution in [3.05, 3.63) is 35.7 Å². The summed E-state index contributed by atoms with van der Waals surface area (Å²) in [6.45, 7) is 1.79. The van der Waals surface area contributed by atoms with Crippen LogP contribution in [0.3, 0.4) is 0 Å². The van der Waals surface area contributed by atoms with Crippen molar-refractivity contribution >= 4 is 18.0 Å². The van der Waals surface area contributed by atoms with Crippen molar-refractivity contribution < 1.29 is 28.6 Å². The number of ether oxygens (including phenoxy) is 3. The predicted molar refractivity (Wildman–Crippen MR) is 68.2 cm³/mol. The van der Waals surface area contributed by atoms with E-state index in [1.807, 2.05) is 0 Å². The molecule has 0 spiro atoms. The van der Waals surface area contributed by atoms with Crippen molar-refractivity contribution in [3.8, 4) is 0 Å². The fourth-order valence-corrected chi connectivity index (χ4v) is 1.42. The van der Waals surface area contributed by atoms with Gasteiger partial charge in [0.05, 0.1) is 26.4 Å². The molecule has 7 heteroatoms. The van der Waals surface area contributed by atoms with Crippen LogP contribution in [0.5, 0.6) is 0 Å². The van der Waals surface area contributed by atoms with Gasteiger partial charge < -0.3 is 14.2 Å². The van der Waals surface area contributed by atoms with E-state index in [0.717, 1.165) is 4.90 Å². The van der Waals surface area contributed by atoms with Crippen LogP contribution in [0, 0.1) is 0 Å². The first-order valence-corrected chi connectivity index (χ1v) is 5.78. The molecule has 0 aliphatic carbocycles. The number of rotatable bonds is 3. The molecular weight excluding hydrogens is 266 g/mol. The first-order valence-electron chi connectivity index (χ1n) is 5.78. The summed E-state index contributed by atoms with van der Waals surface area (Å²) in [7, 11) is 2.42. The maximum Gasteiger partial charge on any atom is 0.418 e. The van der Waals surface area contributed by atoms with Gasteiger partial charge in [-0.3, -0.25) is 0 Å². The molecule has 0 radical (unpaired) electrons. The molecule has 0 aromatic heterocycles. The fourth-order valence-electron chi connectivity index (χ4n) is 1.42. The molecule has 108 valence electrons. The second-order valence-corrected chi connectivity index (χ2v) is 3.54. The van der Waals surface area contributed by atoms with Gasteiger partial charge in [0.15, 0.2) is 0 Å². The van der Waals surface area contributed by atoms with Crippen LogP contribution in [0.2, 0.25) is 0 Å². The summed E-state index contributed by atoms with van der Waals surface area (Å²) in [5.41, 5.74) is 0.113. The average Bonchev–Trinajstić information content (AvgIpc) is 2.68. The quantitative estimate of drug-likeness (QED) is 0.569. The third-order valence-corrected chi connectivity index (χ3v) is 2.36. The lowest BCUT2D eigenvalue weighted by atomic mass is 10.2. The van der Waals surface area contributed by atoms with Crippen LogP contribution in [0.15, 0.2) is 35.7 Å². The summed E-state index contributed by atoms with van der Waals surface area (Å²) in [4.78, 5) is 35.9. The molecule has 0 bridgehead atoms. The van der Waals surface area contributed by atoms with Gasteiger partial charge >= 0.3 is 18.0 Å². The van der Waals surface area contributed by atoms with Gasteiger partial charge in [-0.05, 0) is 25.2 Å². The standard InChI is InChI=1S/C13H15NO6/c1-4-20-13(17)14-8-7-9(11(15)18-2)5-6-10(14)12(16)19-3/h5-8H,4H2,1-3H3. The number of carbonyl (C=O) groups excluding carboxylic acids is 3. The lowest BCUT2D eigenvalue weighted by Crippen LogP contribution is -2.30. The Morgan fingerprint density at radius 2 is 1.75 bits per heavy atom. The summed E-state index contributed by atoms with van der Waals surface area (Å²) >= 11 is 0. The van der Waals surface area contributed by atoms with Crippen molar-refractivity contribution in [3.63, 3.8) is 0 Å². The molecule has 1 aliphatic heterocycles. The largest absolute Gasteiger partial charge is 0.465 e. The second kappa shape index (κ2) is 7.13. The summed E-state index contributed by atoms with van der Waals surface area (Å²) in [6, 6.07) is 0. The molecule has 0 aromatic rings. The molecule has 1 aliphatic rings. The average molecular weight is 281 g/mol.